The van der Waals surface area contributed by atoms with Crippen LogP contribution in [0, 0.1) is 5.82 Å². The van der Waals surface area contributed by atoms with Crippen molar-refractivity contribution in [3.05, 3.63) is 29.6 Å². The van der Waals surface area contributed by atoms with Gasteiger partial charge < -0.3 is 10.6 Å². The minimum absolute atomic E-state index is 0.221. The van der Waals surface area contributed by atoms with E-state index in [4.69, 9.17) is 5.73 Å². The van der Waals surface area contributed by atoms with Gasteiger partial charge in [0.2, 0.25) is 0 Å². The first kappa shape index (κ1) is 13.3. The van der Waals surface area contributed by atoms with Crippen molar-refractivity contribution in [1.82, 2.24) is 0 Å². The maximum absolute atomic E-state index is 13.3. The van der Waals surface area contributed by atoms with E-state index in [-0.39, 0.29) is 5.82 Å². The van der Waals surface area contributed by atoms with E-state index in [9.17, 15) is 4.39 Å². The fourth-order valence-corrected chi connectivity index (χ4v) is 2.27. The summed E-state index contributed by atoms with van der Waals surface area (Å²) in [5.41, 5.74) is 7.26. The van der Waals surface area contributed by atoms with Crippen LogP contribution < -0.4 is 10.6 Å². The molecule has 1 rings (SSSR count). The molecule has 0 saturated carbocycles. The summed E-state index contributed by atoms with van der Waals surface area (Å²) < 4.78 is 13.3. The number of rotatable bonds is 5. The smallest absolute Gasteiger partial charge is 0.125 e. The standard InChI is InChI=1S/C12H19FN2S/c1-9(8-16-3)15(2)12-5-10(7-14)4-11(13)6-12/h4-6,9H,7-8,14H2,1-3H3. The zero-order chi connectivity index (χ0) is 12.1. The Bertz CT molecular complexity index is 344. The molecule has 1 aromatic carbocycles. The highest BCUT2D eigenvalue weighted by Crippen LogP contribution is 2.20. The van der Waals surface area contributed by atoms with Gasteiger partial charge in [0.1, 0.15) is 5.82 Å². The first-order chi connectivity index (χ1) is 7.58. The molecule has 0 aliphatic rings. The fourth-order valence-electron chi connectivity index (χ4n) is 1.56. The lowest BCUT2D eigenvalue weighted by Gasteiger charge is -2.27. The second-order valence-corrected chi connectivity index (χ2v) is 4.85. The van der Waals surface area contributed by atoms with Crippen LogP contribution >= 0.6 is 11.8 Å². The molecule has 0 saturated heterocycles. The van der Waals surface area contributed by atoms with Crippen LogP contribution in [0.2, 0.25) is 0 Å². The van der Waals surface area contributed by atoms with E-state index >= 15 is 0 Å². The maximum atomic E-state index is 13.3. The number of benzene rings is 1. The van der Waals surface area contributed by atoms with Crippen molar-refractivity contribution in [3.8, 4) is 0 Å². The van der Waals surface area contributed by atoms with E-state index in [0.29, 0.717) is 12.6 Å². The average Bonchev–Trinajstić information content (AvgIpc) is 2.27. The Labute approximate surface area is 101 Å². The van der Waals surface area contributed by atoms with Crippen molar-refractivity contribution in [1.29, 1.82) is 0 Å². The van der Waals surface area contributed by atoms with Gasteiger partial charge in [-0.25, -0.2) is 4.39 Å². The van der Waals surface area contributed by atoms with Gasteiger partial charge in [-0.05, 0) is 36.9 Å². The van der Waals surface area contributed by atoms with Crippen LogP contribution in [0.4, 0.5) is 10.1 Å². The summed E-state index contributed by atoms with van der Waals surface area (Å²) in [6, 6.07) is 5.36. The van der Waals surface area contributed by atoms with Crippen molar-refractivity contribution in [3.63, 3.8) is 0 Å². The molecule has 0 bridgehead atoms. The summed E-state index contributed by atoms with van der Waals surface area (Å²) in [7, 11) is 1.98. The Hall–Kier alpha value is -0.740. The molecule has 2 nitrogen and oxygen atoms in total. The fraction of sp³-hybridized carbons (Fsp3) is 0.500. The molecule has 0 heterocycles. The van der Waals surface area contributed by atoms with Crippen LogP contribution in [0.15, 0.2) is 18.2 Å². The summed E-state index contributed by atoms with van der Waals surface area (Å²) in [6.45, 7) is 2.50. The lowest BCUT2D eigenvalue weighted by atomic mass is 10.1. The third-order valence-corrected chi connectivity index (χ3v) is 3.47. The number of thioether (sulfide) groups is 1. The minimum Gasteiger partial charge on any atom is -0.371 e. The van der Waals surface area contributed by atoms with Crippen LogP contribution in [-0.2, 0) is 6.54 Å². The quantitative estimate of drug-likeness (QED) is 0.860. The second-order valence-electron chi connectivity index (χ2n) is 3.94. The van der Waals surface area contributed by atoms with E-state index in [1.54, 1.807) is 17.8 Å². The molecule has 0 amide bonds. The van der Waals surface area contributed by atoms with Crippen molar-refractivity contribution < 1.29 is 4.39 Å². The maximum Gasteiger partial charge on any atom is 0.125 e. The van der Waals surface area contributed by atoms with Gasteiger partial charge in [-0.2, -0.15) is 11.8 Å². The number of hydrogen-bond donors (Lipinski definition) is 1. The Morgan fingerprint density at radius 2 is 2.12 bits per heavy atom. The molecule has 0 aromatic heterocycles. The molecule has 2 N–H and O–H groups in total. The van der Waals surface area contributed by atoms with Crippen LogP contribution in [0.1, 0.15) is 12.5 Å². The van der Waals surface area contributed by atoms with Crippen LogP contribution in [0.5, 0.6) is 0 Å². The van der Waals surface area contributed by atoms with Crippen LogP contribution in [0.3, 0.4) is 0 Å². The molecular weight excluding hydrogens is 223 g/mol. The van der Waals surface area contributed by atoms with E-state index in [1.165, 1.54) is 6.07 Å². The summed E-state index contributed by atoms with van der Waals surface area (Å²) >= 11 is 1.79. The van der Waals surface area contributed by atoms with Gasteiger partial charge in [0.05, 0.1) is 0 Å². The van der Waals surface area contributed by atoms with Gasteiger partial charge in [0, 0.05) is 31.1 Å². The number of halogens is 1. The van der Waals surface area contributed by atoms with Crippen molar-refractivity contribution in [2.24, 2.45) is 5.73 Å². The largest absolute Gasteiger partial charge is 0.371 e. The Morgan fingerprint density at radius 1 is 1.44 bits per heavy atom. The van der Waals surface area contributed by atoms with E-state index < -0.39 is 0 Å². The lowest BCUT2D eigenvalue weighted by Crippen LogP contribution is -2.31. The normalized spacial score (nSPS) is 12.6. The summed E-state index contributed by atoms with van der Waals surface area (Å²) in [5, 5.41) is 0. The second kappa shape index (κ2) is 6.11. The zero-order valence-corrected chi connectivity index (χ0v) is 10.9. The third-order valence-electron chi connectivity index (χ3n) is 2.65. The Balaban J connectivity index is 2.89. The van der Waals surface area contributed by atoms with Crippen molar-refractivity contribution in [2.45, 2.75) is 19.5 Å². The molecule has 0 aliphatic heterocycles. The van der Waals surface area contributed by atoms with E-state index in [0.717, 1.165) is 17.0 Å². The first-order valence-electron chi connectivity index (χ1n) is 5.29. The molecule has 1 unspecified atom stereocenters. The van der Waals surface area contributed by atoms with E-state index in [1.807, 2.05) is 13.1 Å². The monoisotopic (exact) mass is 242 g/mol. The lowest BCUT2D eigenvalue weighted by molar-refractivity contribution is 0.623. The van der Waals surface area contributed by atoms with Gasteiger partial charge in [-0.1, -0.05) is 0 Å². The summed E-state index contributed by atoms with van der Waals surface area (Å²) in [6.07, 6.45) is 2.07. The predicted octanol–water partition coefficient (Wildman–Crippen LogP) is 2.47. The first-order valence-corrected chi connectivity index (χ1v) is 6.69. The molecule has 4 heteroatoms. The highest BCUT2D eigenvalue weighted by Gasteiger charge is 2.11. The van der Waals surface area contributed by atoms with Gasteiger partial charge in [0.15, 0.2) is 0 Å². The molecular formula is C12H19FN2S. The Morgan fingerprint density at radius 3 is 2.69 bits per heavy atom. The SMILES string of the molecule is CSCC(C)N(C)c1cc(F)cc(CN)c1. The molecule has 1 aromatic rings. The van der Waals surface area contributed by atoms with Gasteiger partial charge in [-0.15, -0.1) is 0 Å². The third kappa shape index (κ3) is 3.39. The molecule has 0 radical (unpaired) electrons. The highest BCUT2D eigenvalue weighted by atomic mass is 32.2. The molecule has 0 aliphatic carbocycles. The van der Waals surface area contributed by atoms with Gasteiger partial charge in [-0.3, -0.25) is 0 Å². The van der Waals surface area contributed by atoms with E-state index in [2.05, 4.69) is 18.1 Å². The van der Waals surface area contributed by atoms with Crippen molar-refractivity contribution in [2.75, 3.05) is 24.0 Å². The summed E-state index contributed by atoms with van der Waals surface area (Å²) in [4.78, 5) is 2.08. The summed E-state index contributed by atoms with van der Waals surface area (Å²) in [5.74, 6) is 0.798. The average molecular weight is 242 g/mol. The predicted molar refractivity (Wildman–Crippen MR) is 70.5 cm³/mol. The molecule has 16 heavy (non-hydrogen) atoms. The number of hydrogen-bond acceptors (Lipinski definition) is 3. The molecule has 0 fully saturated rings. The molecule has 90 valence electrons. The Kier molecular flexibility index (Phi) is 5.09. The number of nitrogens with two attached hydrogens (primary N) is 1. The van der Waals surface area contributed by atoms with Crippen LogP contribution in [0.25, 0.3) is 0 Å². The van der Waals surface area contributed by atoms with Gasteiger partial charge >= 0.3 is 0 Å². The molecule has 0 spiro atoms. The van der Waals surface area contributed by atoms with Gasteiger partial charge in [0.25, 0.3) is 0 Å². The zero-order valence-electron chi connectivity index (χ0n) is 10.0. The number of nitrogens with zero attached hydrogens (tertiary/aromatic N) is 1. The topological polar surface area (TPSA) is 29.3 Å². The van der Waals surface area contributed by atoms with Crippen molar-refractivity contribution >= 4 is 17.4 Å². The minimum atomic E-state index is -0.221. The highest BCUT2D eigenvalue weighted by molar-refractivity contribution is 7.98. The number of anilines is 1. The molecule has 1 atom stereocenters. The van der Waals surface area contributed by atoms with Crippen LogP contribution in [-0.4, -0.2) is 25.1 Å².